The molecule has 0 unspecified atom stereocenters. The Labute approximate surface area is 177 Å². The summed E-state index contributed by atoms with van der Waals surface area (Å²) < 4.78 is 26.7. The molecule has 2 aromatic rings. The minimum Gasteiger partial charge on any atom is -0.352 e. The molecule has 2 aliphatic heterocycles. The van der Waals surface area contributed by atoms with Crippen LogP contribution >= 0.6 is 0 Å². The second-order valence-corrected chi connectivity index (χ2v) is 9.76. The fourth-order valence-corrected chi connectivity index (χ4v) is 5.50. The molecule has 0 spiro atoms. The summed E-state index contributed by atoms with van der Waals surface area (Å²) in [6, 6.07) is 8.04. The van der Waals surface area contributed by atoms with Crippen molar-refractivity contribution in [3.63, 3.8) is 0 Å². The van der Waals surface area contributed by atoms with Gasteiger partial charge in [-0.3, -0.25) is 4.79 Å². The Hall–Kier alpha value is -2.52. The van der Waals surface area contributed by atoms with Gasteiger partial charge in [-0.25, -0.2) is 18.4 Å². The first kappa shape index (κ1) is 20.7. The molecule has 1 N–H and O–H groups in total. The number of carbonyl (C=O) groups is 1. The molecule has 1 amide bonds. The Kier molecular flexibility index (Phi) is 6.29. The number of anilines is 1. The van der Waals surface area contributed by atoms with E-state index >= 15 is 0 Å². The highest BCUT2D eigenvalue weighted by molar-refractivity contribution is 7.89. The fraction of sp³-hybridized carbons (Fsp3) is 0.476. The van der Waals surface area contributed by atoms with Crippen LogP contribution in [-0.4, -0.2) is 61.3 Å². The predicted octanol–water partition coefficient (Wildman–Crippen LogP) is 1.91. The number of hydrogen-bond acceptors (Lipinski definition) is 6. The molecule has 0 bridgehead atoms. The Morgan fingerprint density at radius 3 is 2.27 bits per heavy atom. The van der Waals surface area contributed by atoms with E-state index in [2.05, 4.69) is 20.2 Å². The van der Waals surface area contributed by atoms with Crippen LogP contribution in [0.4, 0.5) is 5.95 Å². The number of carbonyl (C=O) groups excluding carboxylic acids is 1. The Morgan fingerprint density at radius 1 is 1.00 bits per heavy atom. The molecule has 8 nitrogen and oxygen atoms in total. The van der Waals surface area contributed by atoms with E-state index in [1.807, 2.05) is 0 Å². The lowest BCUT2D eigenvalue weighted by molar-refractivity contribution is 0.0944. The van der Waals surface area contributed by atoms with Gasteiger partial charge < -0.3 is 10.2 Å². The van der Waals surface area contributed by atoms with E-state index in [1.165, 1.54) is 16.4 Å². The molecule has 2 aliphatic rings. The smallest absolute Gasteiger partial charge is 0.251 e. The van der Waals surface area contributed by atoms with Crippen molar-refractivity contribution in [1.82, 2.24) is 19.6 Å². The number of hydrogen-bond donors (Lipinski definition) is 1. The number of nitrogens with zero attached hydrogens (tertiary/aromatic N) is 4. The van der Waals surface area contributed by atoms with E-state index in [4.69, 9.17) is 0 Å². The Balaban J connectivity index is 1.27. The highest BCUT2D eigenvalue weighted by Crippen LogP contribution is 2.22. The first-order valence-electron chi connectivity index (χ1n) is 10.4. The van der Waals surface area contributed by atoms with E-state index in [9.17, 15) is 13.2 Å². The molecular formula is C21H27N5O3S. The monoisotopic (exact) mass is 429 g/mol. The van der Waals surface area contributed by atoms with Crippen LogP contribution < -0.4 is 10.2 Å². The molecule has 4 rings (SSSR count). The first-order valence-corrected chi connectivity index (χ1v) is 11.9. The molecule has 1 aromatic heterocycles. The second kappa shape index (κ2) is 9.09. The maximum Gasteiger partial charge on any atom is 0.251 e. The topological polar surface area (TPSA) is 95.5 Å². The third-order valence-electron chi connectivity index (χ3n) is 5.82. The lowest BCUT2D eigenvalue weighted by Crippen LogP contribution is -2.39. The molecule has 0 saturated carbocycles. The van der Waals surface area contributed by atoms with Crippen LogP contribution in [0.5, 0.6) is 0 Å². The van der Waals surface area contributed by atoms with Crippen molar-refractivity contribution in [1.29, 1.82) is 0 Å². The molecule has 0 aliphatic carbocycles. The van der Waals surface area contributed by atoms with Crippen molar-refractivity contribution in [2.24, 2.45) is 5.92 Å². The summed E-state index contributed by atoms with van der Waals surface area (Å²) in [5.74, 6) is 0.988. The van der Waals surface area contributed by atoms with Crippen molar-refractivity contribution < 1.29 is 13.2 Å². The van der Waals surface area contributed by atoms with Crippen LogP contribution in [0.1, 0.15) is 36.0 Å². The van der Waals surface area contributed by atoms with Crippen LogP contribution in [0.15, 0.2) is 47.6 Å². The third kappa shape index (κ3) is 4.62. The molecule has 9 heteroatoms. The van der Waals surface area contributed by atoms with Gasteiger partial charge in [-0.1, -0.05) is 0 Å². The maximum absolute atomic E-state index is 12.6. The summed E-state index contributed by atoms with van der Waals surface area (Å²) in [6.07, 6.45) is 7.22. The molecular weight excluding hydrogens is 402 g/mol. The number of rotatable bonds is 6. The van der Waals surface area contributed by atoms with Crippen molar-refractivity contribution in [3.8, 4) is 0 Å². The fourth-order valence-electron chi connectivity index (χ4n) is 3.99. The molecule has 160 valence electrons. The first-order chi connectivity index (χ1) is 14.5. The van der Waals surface area contributed by atoms with Crippen molar-refractivity contribution in [3.05, 3.63) is 48.3 Å². The van der Waals surface area contributed by atoms with Gasteiger partial charge in [0.1, 0.15) is 0 Å². The summed E-state index contributed by atoms with van der Waals surface area (Å²) in [7, 11) is -3.45. The second-order valence-electron chi connectivity index (χ2n) is 7.82. The maximum atomic E-state index is 12.6. The number of amides is 1. The molecule has 0 radical (unpaired) electrons. The van der Waals surface area contributed by atoms with Gasteiger partial charge in [-0.2, -0.15) is 4.31 Å². The number of nitrogens with one attached hydrogen (secondary N) is 1. The van der Waals surface area contributed by atoms with E-state index in [1.54, 1.807) is 30.6 Å². The van der Waals surface area contributed by atoms with E-state index in [-0.39, 0.29) is 10.8 Å². The zero-order chi connectivity index (χ0) is 21.0. The Bertz CT molecular complexity index is 952. The molecule has 2 fully saturated rings. The van der Waals surface area contributed by atoms with Gasteiger partial charge in [0.25, 0.3) is 5.91 Å². The summed E-state index contributed by atoms with van der Waals surface area (Å²) in [5, 5.41) is 2.99. The van der Waals surface area contributed by atoms with Crippen LogP contribution in [0, 0.1) is 5.92 Å². The van der Waals surface area contributed by atoms with Crippen LogP contribution in [0.25, 0.3) is 0 Å². The standard InChI is InChI=1S/C21H27N5O3S/c27-20(18-4-6-19(7-5-18)30(28,29)26-12-1-2-13-26)24-16-17-8-14-25(15-9-17)21-22-10-3-11-23-21/h3-7,10-11,17H,1-2,8-9,12-16H2,(H,24,27). The van der Waals surface area contributed by atoms with E-state index in [0.717, 1.165) is 44.7 Å². The third-order valence-corrected chi connectivity index (χ3v) is 7.73. The largest absolute Gasteiger partial charge is 0.352 e. The van der Waals surface area contributed by atoms with E-state index in [0.29, 0.717) is 31.1 Å². The number of piperidine rings is 1. The van der Waals surface area contributed by atoms with Gasteiger partial charge in [0, 0.05) is 50.7 Å². The molecule has 0 atom stereocenters. The Morgan fingerprint density at radius 2 is 1.63 bits per heavy atom. The van der Waals surface area contributed by atoms with Gasteiger partial charge in [0.2, 0.25) is 16.0 Å². The summed E-state index contributed by atoms with van der Waals surface area (Å²) in [6.45, 7) is 3.48. The SMILES string of the molecule is O=C(NCC1CCN(c2ncccn2)CC1)c1ccc(S(=O)(=O)N2CCCC2)cc1. The molecule has 3 heterocycles. The highest BCUT2D eigenvalue weighted by Gasteiger charge is 2.27. The average molecular weight is 430 g/mol. The minimum atomic E-state index is -3.45. The quantitative estimate of drug-likeness (QED) is 0.754. The predicted molar refractivity (Wildman–Crippen MR) is 114 cm³/mol. The average Bonchev–Trinajstić information content (AvgIpc) is 3.34. The number of aromatic nitrogens is 2. The van der Waals surface area contributed by atoms with Gasteiger partial charge in [0.15, 0.2) is 0 Å². The molecule has 30 heavy (non-hydrogen) atoms. The summed E-state index contributed by atoms with van der Waals surface area (Å²) >= 11 is 0. The van der Waals surface area contributed by atoms with Crippen LogP contribution in [0.3, 0.4) is 0 Å². The zero-order valence-electron chi connectivity index (χ0n) is 16.9. The van der Waals surface area contributed by atoms with Gasteiger partial charge in [-0.15, -0.1) is 0 Å². The van der Waals surface area contributed by atoms with Crippen molar-refractivity contribution >= 4 is 21.9 Å². The van der Waals surface area contributed by atoms with E-state index < -0.39 is 10.0 Å². The van der Waals surface area contributed by atoms with Crippen LogP contribution in [0.2, 0.25) is 0 Å². The lowest BCUT2D eigenvalue weighted by Gasteiger charge is -2.31. The molecule has 2 saturated heterocycles. The number of benzene rings is 1. The van der Waals surface area contributed by atoms with Crippen molar-refractivity contribution in [2.45, 2.75) is 30.6 Å². The van der Waals surface area contributed by atoms with Crippen LogP contribution in [-0.2, 0) is 10.0 Å². The minimum absolute atomic E-state index is 0.172. The summed E-state index contributed by atoms with van der Waals surface area (Å²) in [5.41, 5.74) is 0.477. The van der Waals surface area contributed by atoms with Gasteiger partial charge in [0.05, 0.1) is 4.90 Å². The number of sulfonamides is 1. The van der Waals surface area contributed by atoms with Gasteiger partial charge >= 0.3 is 0 Å². The highest BCUT2D eigenvalue weighted by atomic mass is 32.2. The molecule has 1 aromatic carbocycles. The van der Waals surface area contributed by atoms with Crippen molar-refractivity contribution in [2.75, 3.05) is 37.6 Å². The van der Waals surface area contributed by atoms with Gasteiger partial charge in [-0.05, 0) is 61.9 Å². The lowest BCUT2D eigenvalue weighted by atomic mass is 9.97. The normalized spacial score (nSPS) is 18.5. The zero-order valence-corrected chi connectivity index (χ0v) is 17.7. The summed E-state index contributed by atoms with van der Waals surface area (Å²) in [4.78, 5) is 23.5.